The summed E-state index contributed by atoms with van der Waals surface area (Å²) in [6.45, 7) is 10.4. The van der Waals surface area contributed by atoms with Crippen LogP contribution in [0.3, 0.4) is 0 Å². The molecule has 1 aliphatic rings. The number of piperidine rings is 1. The van der Waals surface area contributed by atoms with E-state index in [1.165, 1.54) is 25.8 Å². The topological polar surface area (TPSA) is 38.5 Å². The van der Waals surface area contributed by atoms with E-state index in [-0.39, 0.29) is 6.04 Å². The molecule has 0 aliphatic carbocycles. The number of nitrogens with zero attached hydrogens (tertiary/aromatic N) is 1. The molecule has 2 N–H and O–H groups in total. The molecule has 0 spiro atoms. The van der Waals surface area contributed by atoms with Gasteiger partial charge in [-0.15, -0.1) is 0 Å². The maximum Gasteiger partial charge on any atom is 0.0593 e. The van der Waals surface area contributed by atoms with Crippen LogP contribution in [0.25, 0.3) is 0 Å². The van der Waals surface area contributed by atoms with Gasteiger partial charge in [0.25, 0.3) is 0 Å². The molecule has 1 saturated heterocycles. The molecule has 3 nitrogen and oxygen atoms in total. The monoisotopic (exact) mass is 228 g/mol. The molecule has 2 atom stereocenters. The number of nitrogens with two attached hydrogens (primary N) is 1. The minimum absolute atomic E-state index is 0.283. The van der Waals surface area contributed by atoms with Gasteiger partial charge in [-0.25, -0.2) is 0 Å². The molecule has 0 amide bonds. The first kappa shape index (κ1) is 13.9. The zero-order valence-electron chi connectivity index (χ0n) is 11.1. The van der Waals surface area contributed by atoms with Gasteiger partial charge in [-0.1, -0.05) is 20.3 Å². The molecule has 0 saturated carbocycles. The van der Waals surface area contributed by atoms with E-state index in [0.29, 0.717) is 12.0 Å². The highest BCUT2D eigenvalue weighted by Crippen LogP contribution is 2.18. The molecule has 0 radical (unpaired) electrons. The molecule has 1 fully saturated rings. The first-order valence-corrected chi connectivity index (χ1v) is 6.68. The second kappa shape index (κ2) is 7.25. The predicted octanol–water partition coefficient (Wildman–Crippen LogP) is 1.86. The Hall–Kier alpha value is -0.120. The van der Waals surface area contributed by atoms with E-state index in [1.54, 1.807) is 0 Å². The van der Waals surface area contributed by atoms with Crippen LogP contribution in [0, 0.1) is 5.92 Å². The van der Waals surface area contributed by atoms with Crippen LogP contribution >= 0.6 is 0 Å². The molecular formula is C13H28N2O. The summed E-state index contributed by atoms with van der Waals surface area (Å²) in [6, 6.07) is 0.849. The van der Waals surface area contributed by atoms with E-state index in [0.717, 1.165) is 19.8 Å². The first-order chi connectivity index (χ1) is 7.61. The van der Waals surface area contributed by atoms with Crippen molar-refractivity contribution >= 4 is 0 Å². The van der Waals surface area contributed by atoms with E-state index in [4.69, 9.17) is 10.5 Å². The van der Waals surface area contributed by atoms with Crippen molar-refractivity contribution in [3.8, 4) is 0 Å². The Labute approximate surface area is 100 Å². The summed E-state index contributed by atoms with van der Waals surface area (Å²) >= 11 is 0. The summed E-state index contributed by atoms with van der Waals surface area (Å²) in [5.41, 5.74) is 6.03. The van der Waals surface area contributed by atoms with Crippen LogP contribution in [-0.2, 0) is 4.74 Å². The molecule has 1 heterocycles. The number of rotatable bonds is 6. The third-order valence-electron chi connectivity index (χ3n) is 3.25. The van der Waals surface area contributed by atoms with Crippen molar-refractivity contribution in [1.82, 2.24) is 4.90 Å². The fourth-order valence-corrected chi connectivity index (χ4v) is 2.39. The van der Waals surface area contributed by atoms with Crippen LogP contribution in [0.2, 0.25) is 0 Å². The number of ether oxygens (including phenoxy) is 1. The lowest BCUT2D eigenvalue weighted by Crippen LogP contribution is -2.50. The molecule has 16 heavy (non-hydrogen) atoms. The largest absolute Gasteiger partial charge is 0.380 e. The smallest absolute Gasteiger partial charge is 0.0593 e. The Bertz CT molecular complexity index is 183. The van der Waals surface area contributed by atoms with Crippen molar-refractivity contribution in [2.75, 3.05) is 26.3 Å². The molecule has 0 aromatic heterocycles. The van der Waals surface area contributed by atoms with E-state index in [9.17, 15) is 0 Å². The second-order valence-electron chi connectivity index (χ2n) is 5.43. The highest BCUT2D eigenvalue weighted by atomic mass is 16.5. The van der Waals surface area contributed by atoms with Crippen LogP contribution in [0.15, 0.2) is 0 Å². The molecule has 96 valence electrons. The minimum Gasteiger partial charge on any atom is -0.380 e. The van der Waals surface area contributed by atoms with Gasteiger partial charge in [0.05, 0.1) is 6.61 Å². The normalized spacial score (nSPS) is 24.9. The van der Waals surface area contributed by atoms with Gasteiger partial charge in [-0.2, -0.15) is 0 Å². The molecule has 2 unspecified atom stereocenters. The van der Waals surface area contributed by atoms with Crippen LogP contribution < -0.4 is 5.73 Å². The molecule has 1 aliphatic heterocycles. The quantitative estimate of drug-likeness (QED) is 0.705. The Kier molecular flexibility index (Phi) is 6.32. The van der Waals surface area contributed by atoms with Crippen LogP contribution in [0.5, 0.6) is 0 Å². The minimum atomic E-state index is 0.283. The Morgan fingerprint density at radius 3 is 2.69 bits per heavy atom. The average Bonchev–Trinajstić information content (AvgIpc) is 2.24. The van der Waals surface area contributed by atoms with Gasteiger partial charge in [-0.05, 0) is 32.2 Å². The SMILES string of the molecule is CC(C)COCCN1CCCCC1C(C)N. The van der Waals surface area contributed by atoms with Crippen molar-refractivity contribution < 1.29 is 4.74 Å². The number of likely N-dealkylation sites (tertiary alicyclic amines) is 1. The molecule has 0 aromatic rings. The van der Waals surface area contributed by atoms with E-state index in [1.807, 2.05) is 0 Å². The highest BCUT2D eigenvalue weighted by Gasteiger charge is 2.24. The van der Waals surface area contributed by atoms with Crippen LogP contribution in [-0.4, -0.2) is 43.3 Å². The molecular weight excluding hydrogens is 200 g/mol. The van der Waals surface area contributed by atoms with Crippen molar-refractivity contribution in [3.63, 3.8) is 0 Å². The van der Waals surface area contributed by atoms with Gasteiger partial charge in [0, 0.05) is 25.2 Å². The zero-order chi connectivity index (χ0) is 12.0. The van der Waals surface area contributed by atoms with Crippen molar-refractivity contribution in [3.05, 3.63) is 0 Å². The number of hydrogen-bond acceptors (Lipinski definition) is 3. The summed E-state index contributed by atoms with van der Waals surface area (Å²) < 4.78 is 5.64. The highest BCUT2D eigenvalue weighted by molar-refractivity contribution is 4.82. The lowest BCUT2D eigenvalue weighted by molar-refractivity contribution is 0.0550. The standard InChI is InChI=1S/C13H28N2O/c1-11(2)10-16-9-8-15-7-5-4-6-13(15)12(3)14/h11-13H,4-10,14H2,1-3H3. The number of hydrogen-bond donors (Lipinski definition) is 1. The summed E-state index contributed by atoms with van der Waals surface area (Å²) in [5.74, 6) is 0.630. The molecule has 0 bridgehead atoms. The van der Waals surface area contributed by atoms with Crippen molar-refractivity contribution in [2.45, 2.75) is 52.1 Å². The Balaban J connectivity index is 2.22. The van der Waals surface area contributed by atoms with Crippen molar-refractivity contribution in [2.24, 2.45) is 11.7 Å². The van der Waals surface area contributed by atoms with E-state index >= 15 is 0 Å². The van der Waals surface area contributed by atoms with Gasteiger partial charge < -0.3 is 10.5 Å². The zero-order valence-corrected chi connectivity index (χ0v) is 11.1. The van der Waals surface area contributed by atoms with E-state index < -0.39 is 0 Å². The van der Waals surface area contributed by atoms with Gasteiger partial charge >= 0.3 is 0 Å². The first-order valence-electron chi connectivity index (χ1n) is 6.68. The Morgan fingerprint density at radius 1 is 1.31 bits per heavy atom. The van der Waals surface area contributed by atoms with Gasteiger partial charge in [-0.3, -0.25) is 4.90 Å². The van der Waals surface area contributed by atoms with Crippen LogP contribution in [0.4, 0.5) is 0 Å². The maximum absolute atomic E-state index is 6.03. The Morgan fingerprint density at radius 2 is 2.06 bits per heavy atom. The summed E-state index contributed by atoms with van der Waals surface area (Å²) in [5, 5.41) is 0. The lowest BCUT2D eigenvalue weighted by atomic mass is 9.97. The summed E-state index contributed by atoms with van der Waals surface area (Å²) in [4.78, 5) is 2.51. The van der Waals surface area contributed by atoms with Gasteiger partial charge in [0.2, 0.25) is 0 Å². The maximum atomic E-state index is 6.03. The fraction of sp³-hybridized carbons (Fsp3) is 1.00. The molecule has 3 heteroatoms. The molecule has 1 rings (SSSR count). The lowest BCUT2D eigenvalue weighted by Gasteiger charge is -2.37. The molecule has 0 aromatic carbocycles. The predicted molar refractivity (Wildman–Crippen MR) is 68.5 cm³/mol. The summed E-state index contributed by atoms with van der Waals surface area (Å²) in [6.07, 6.45) is 3.89. The van der Waals surface area contributed by atoms with E-state index in [2.05, 4.69) is 25.7 Å². The average molecular weight is 228 g/mol. The van der Waals surface area contributed by atoms with Gasteiger partial charge in [0.15, 0.2) is 0 Å². The third kappa shape index (κ3) is 4.81. The fourth-order valence-electron chi connectivity index (χ4n) is 2.39. The van der Waals surface area contributed by atoms with Crippen molar-refractivity contribution in [1.29, 1.82) is 0 Å². The summed E-state index contributed by atoms with van der Waals surface area (Å²) in [7, 11) is 0. The van der Waals surface area contributed by atoms with Gasteiger partial charge in [0.1, 0.15) is 0 Å². The van der Waals surface area contributed by atoms with Crippen LogP contribution in [0.1, 0.15) is 40.0 Å². The second-order valence-corrected chi connectivity index (χ2v) is 5.43. The third-order valence-corrected chi connectivity index (χ3v) is 3.25.